The largest absolute Gasteiger partial charge is 0.462 e. The van der Waals surface area contributed by atoms with Crippen LogP contribution >= 0.6 is 22.9 Å². The molecular formula is C21H20ClNO4S2. The second-order valence-electron chi connectivity index (χ2n) is 6.22. The fourth-order valence-electron chi connectivity index (χ4n) is 3.01. The van der Waals surface area contributed by atoms with Crippen molar-refractivity contribution in [3.8, 4) is 21.6 Å². The zero-order valence-electron chi connectivity index (χ0n) is 16.2. The minimum Gasteiger partial charge on any atom is -0.462 e. The average Bonchev–Trinajstić information content (AvgIpc) is 3.06. The van der Waals surface area contributed by atoms with Crippen LogP contribution in [-0.4, -0.2) is 28.0 Å². The number of hydrogen-bond acceptors (Lipinski definition) is 5. The molecule has 29 heavy (non-hydrogen) atoms. The van der Waals surface area contributed by atoms with Crippen LogP contribution in [0, 0.1) is 6.92 Å². The minimum atomic E-state index is -3.61. The van der Waals surface area contributed by atoms with Gasteiger partial charge in [-0.2, -0.15) is 0 Å². The van der Waals surface area contributed by atoms with Gasteiger partial charge < -0.3 is 4.74 Å². The van der Waals surface area contributed by atoms with Crippen LogP contribution in [0.4, 0.5) is 0 Å². The number of carbonyl (C=O) groups is 1. The summed E-state index contributed by atoms with van der Waals surface area (Å²) in [6, 6.07) is 13.9. The number of carbonyl (C=O) groups excluding carboxylic acids is 1. The molecule has 1 N–H and O–H groups in total. The molecule has 0 atom stereocenters. The number of rotatable bonds is 6. The first-order chi connectivity index (χ1) is 13.8. The van der Waals surface area contributed by atoms with Crippen molar-refractivity contribution in [2.45, 2.75) is 18.7 Å². The highest BCUT2D eigenvalue weighted by Gasteiger charge is 2.24. The molecule has 3 aromatic rings. The second-order valence-corrected chi connectivity index (χ2v) is 9.57. The van der Waals surface area contributed by atoms with Crippen LogP contribution < -0.4 is 4.72 Å². The lowest BCUT2D eigenvalue weighted by molar-refractivity contribution is 0.0533. The maximum absolute atomic E-state index is 12.7. The molecular weight excluding hydrogens is 430 g/mol. The van der Waals surface area contributed by atoms with Gasteiger partial charge in [-0.25, -0.2) is 17.9 Å². The summed E-state index contributed by atoms with van der Waals surface area (Å²) in [6.07, 6.45) is 0. The van der Waals surface area contributed by atoms with Gasteiger partial charge in [-0.1, -0.05) is 35.9 Å². The third kappa shape index (κ3) is 4.38. The molecule has 0 aliphatic heterocycles. The maximum Gasteiger partial charge on any atom is 0.348 e. The summed E-state index contributed by atoms with van der Waals surface area (Å²) >= 11 is 7.33. The topological polar surface area (TPSA) is 72.5 Å². The monoisotopic (exact) mass is 449 g/mol. The molecule has 152 valence electrons. The molecule has 0 saturated heterocycles. The zero-order chi connectivity index (χ0) is 21.2. The maximum atomic E-state index is 12.7. The Morgan fingerprint density at radius 2 is 1.83 bits per heavy atom. The van der Waals surface area contributed by atoms with Gasteiger partial charge >= 0.3 is 5.97 Å². The Labute approximate surface area is 179 Å². The zero-order valence-corrected chi connectivity index (χ0v) is 18.5. The van der Waals surface area contributed by atoms with Gasteiger partial charge in [-0.05, 0) is 61.9 Å². The van der Waals surface area contributed by atoms with Crippen LogP contribution in [-0.2, 0) is 14.8 Å². The van der Waals surface area contributed by atoms with Crippen molar-refractivity contribution in [1.29, 1.82) is 0 Å². The van der Waals surface area contributed by atoms with Crippen LogP contribution in [0.2, 0.25) is 5.02 Å². The van der Waals surface area contributed by atoms with E-state index in [1.54, 1.807) is 37.3 Å². The molecule has 0 spiro atoms. The number of sulfonamides is 1. The van der Waals surface area contributed by atoms with Gasteiger partial charge in [-0.3, -0.25) is 0 Å². The van der Waals surface area contributed by atoms with E-state index < -0.39 is 16.0 Å². The first-order valence-electron chi connectivity index (χ1n) is 8.89. The molecule has 0 bridgehead atoms. The number of nitrogens with one attached hydrogen (secondary N) is 1. The van der Waals surface area contributed by atoms with Gasteiger partial charge in [0.2, 0.25) is 10.0 Å². The molecule has 3 rings (SSSR count). The van der Waals surface area contributed by atoms with E-state index in [2.05, 4.69) is 4.72 Å². The Morgan fingerprint density at radius 1 is 1.14 bits per heavy atom. The van der Waals surface area contributed by atoms with Crippen molar-refractivity contribution in [3.63, 3.8) is 0 Å². The molecule has 0 amide bonds. The standard InChI is InChI=1S/C21H20ClNO4S2/c1-4-27-21(24)20-18(15-6-5-7-17(12-15)29(25,26)23-3)13(2)19(28-20)14-8-10-16(22)11-9-14/h5-12,23H,4H2,1-3H3. The lowest BCUT2D eigenvalue weighted by atomic mass is 9.99. The van der Waals surface area contributed by atoms with Crippen LogP contribution in [0.25, 0.3) is 21.6 Å². The number of halogens is 1. The highest BCUT2D eigenvalue weighted by atomic mass is 35.5. The lowest BCUT2D eigenvalue weighted by Gasteiger charge is -2.09. The number of hydrogen-bond donors (Lipinski definition) is 1. The first-order valence-corrected chi connectivity index (χ1v) is 11.6. The van der Waals surface area contributed by atoms with Crippen LogP contribution in [0.1, 0.15) is 22.2 Å². The van der Waals surface area contributed by atoms with Crippen molar-refractivity contribution in [3.05, 3.63) is 64.0 Å². The normalized spacial score (nSPS) is 11.4. The van der Waals surface area contributed by atoms with Crippen molar-refractivity contribution in [2.24, 2.45) is 0 Å². The van der Waals surface area contributed by atoms with E-state index in [0.717, 1.165) is 16.0 Å². The van der Waals surface area contributed by atoms with E-state index in [9.17, 15) is 13.2 Å². The third-order valence-corrected chi connectivity index (χ3v) is 7.40. The van der Waals surface area contributed by atoms with Gasteiger partial charge in [0.1, 0.15) is 4.88 Å². The predicted octanol–water partition coefficient (Wildman–Crippen LogP) is 5.13. The number of ether oxygens (including phenoxy) is 1. The molecule has 0 unspecified atom stereocenters. The predicted molar refractivity (Wildman–Crippen MR) is 117 cm³/mol. The Morgan fingerprint density at radius 3 is 2.45 bits per heavy atom. The summed E-state index contributed by atoms with van der Waals surface area (Å²) in [6.45, 7) is 3.91. The first kappa shape index (κ1) is 21.5. The summed E-state index contributed by atoms with van der Waals surface area (Å²) in [5, 5.41) is 0.624. The van der Waals surface area contributed by atoms with E-state index in [1.165, 1.54) is 24.5 Å². The highest BCUT2D eigenvalue weighted by Crippen LogP contribution is 2.42. The van der Waals surface area contributed by atoms with Crippen molar-refractivity contribution < 1.29 is 17.9 Å². The van der Waals surface area contributed by atoms with Gasteiger partial charge in [0.25, 0.3) is 0 Å². The van der Waals surface area contributed by atoms with Crippen molar-refractivity contribution >= 4 is 38.9 Å². The van der Waals surface area contributed by atoms with Crippen LogP contribution in [0.5, 0.6) is 0 Å². The minimum absolute atomic E-state index is 0.131. The summed E-state index contributed by atoms with van der Waals surface area (Å²) in [5.74, 6) is -0.433. The molecule has 5 nitrogen and oxygen atoms in total. The summed E-state index contributed by atoms with van der Waals surface area (Å²) in [7, 11) is -2.25. The SMILES string of the molecule is CCOC(=O)c1sc(-c2ccc(Cl)cc2)c(C)c1-c1cccc(S(=O)(=O)NC)c1. The number of esters is 1. The fourth-order valence-corrected chi connectivity index (χ4v) is 5.14. The summed E-state index contributed by atoms with van der Waals surface area (Å²) in [4.78, 5) is 14.1. The van der Waals surface area contributed by atoms with E-state index in [0.29, 0.717) is 21.0 Å². The lowest BCUT2D eigenvalue weighted by Crippen LogP contribution is -2.18. The average molecular weight is 450 g/mol. The van der Waals surface area contributed by atoms with Crippen LogP contribution in [0.15, 0.2) is 53.4 Å². The molecule has 1 aromatic heterocycles. The molecule has 8 heteroatoms. The Hall–Kier alpha value is -2.19. The van der Waals surface area contributed by atoms with E-state index >= 15 is 0 Å². The Bertz CT molecular complexity index is 1150. The molecule has 0 aliphatic rings. The molecule has 2 aromatic carbocycles. The van der Waals surface area contributed by atoms with Gasteiger partial charge in [-0.15, -0.1) is 11.3 Å². The second kappa shape index (κ2) is 8.67. The Kier molecular flexibility index (Phi) is 6.43. The Balaban J connectivity index is 2.23. The molecule has 0 fully saturated rings. The third-order valence-electron chi connectivity index (χ3n) is 4.42. The van der Waals surface area contributed by atoms with E-state index in [4.69, 9.17) is 16.3 Å². The highest BCUT2D eigenvalue weighted by molar-refractivity contribution is 7.89. The quantitative estimate of drug-likeness (QED) is 0.529. The smallest absolute Gasteiger partial charge is 0.348 e. The fraction of sp³-hybridized carbons (Fsp3) is 0.190. The molecule has 0 aliphatic carbocycles. The van der Waals surface area contributed by atoms with Crippen molar-refractivity contribution in [1.82, 2.24) is 4.72 Å². The van der Waals surface area contributed by atoms with E-state index in [1.807, 2.05) is 19.1 Å². The van der Waals surface area contributed by atoms with Gasteiger partial charge in [0.15, 0.2) is 0 Å². The molecule has 1 heterocycles. The van der Waals surface area contributed by atoms with Crippen LogP contribution in [0.3, 0.4) is 0 Å². The summed E-state index contributed by atoms with van der Waals surface area (Å²) in [5.41, 5.74) is 3.11. The molecule has 0 radical (unpaired) electrons. The van der Waals surface area contributed by atoms with Gasteiger partial charge in [0.05, 0.1) is 11.5 Å². The number of benzene rings is 2. The molecule has 0 saturated carbocycles. The number of thiophene rings is 1. The van der Waals surface area contributed by atoms with Gasteiger partial charge in [0, 0.05) is 15.5 Å². The summed E-state index contributed by atoms with van der Waals surface area (Å²) < 4.78 is 32.0. The van der Waals surface area contributed by atoms with Crippen molar-refractivity contribution in [2.75, 3.05) is 13.7 Å². The van der Waals surface area contributed by atoms with E-state index in [-0.39, 0.29) is 11.5 Å².